The van der Waals surface area contributed by atoms with Crippen molar-refractivity contribution < 1.29 is 19.7 Å². The molecule has 0 aromatic heterocycles. The van der Waals surface area contributed by atoms with E-state index in [2.05, 4.69) is 11.0 Å². The minimum Gasteiger partial charge on any atom is -0.493 e. The van der Waals surface area contributed by atoms with E-state index in [-0.39, 0.29) is 6.61 Å². The van der Waals surface area contributed by atoms with Crippen LogP contribution in [0.25, 0.3) is 0 Å². The number of likely N-dealkylation sites (tertiary alicyclic amines) is 1. The number of aliphatic hydroxyl groups is 2. The Balaban J connectivity index is 2.01. The lowest BCUT2D eigenvalue weighted by molar-refractivity contribution is -0.0255. The number of benzene rings is 1. The zero-order valence-electron chi connectivity index (χ0n) is 13.5. The smallest absolute Gasteiger partial charge is 0.161 e. The molecule has 1 aromatic carbocycles. The van der Waals surface area contributed by atoms with Gasteiger partial charge in [-0.2, -0.15) is 0 Å². The van der Waals surface area contributed by atoms with Gasteiger partial charge in [0.25, 0.3) is 0 Å². The summed E-state index contributed by atoms with van der Waals surface area (Å²) in [5.41, 5.74) is 0.250. The molecule has 124 valence electrons. The summed E-state index contributed by atoms with van der Waals surface area (Å²) in [6.07, 6.45) is 2.16. The van der Waals surface area contributed by atoms with E-state index in [1.54, 1.807) is 7.11 Å². The lowest BCUT2D eigenvalue weighted by atomic mass is 9.96. The molecule has 1 fully saturated rings. The van der Waals surface area contributed by atoms with Crippen molar-refractivity contribution in [2.45, 2.75) is 38.3 Å². The monoisotopic (exact) mass is 309 g/mol. The molecule has 1 atom stereocenters. The van der Waals surface area contributed by atoms with Crippen LogP contribution in [-0.2, 0) is 6.54 Å². The molecule has 1 unspecified atom stereocenters. The molecule has 1 saturated heterocycles. The van der Waals surface area contributed by atoms with Crippen molar-refractivity contribution in [2.75, 3.05) is 33.4 Å². The topological polar surface area (TPSA) is 62.2 Å². The highest BCUT2D eigenvalue weighted by Crippen LogP contribution is 2.29. The predicted octanol–water partition coefficient (Wildman–Crippen LogP) is 1.80. The molecule has 5 nitrogen and oxygen atoms in total. The molecule has 0 bridgehead atoms. The van der Waals surface area contributed by atoms with Crippen molar-refractivity contribution in [3.05, 3.63) is 23.8 Å². The molecule has 1 aliphatic rings. The average Bonchev–Trinajstić information content (AvgIpc) is 2.72. The van der Waals surface area contributed by atoms with Gasteiger partial charge in [-0.15, -0.1) is 0 Å². The lowest BCUT2D eigenvalue weighted by Gasteiger charge is -2.24. The van der Waals surface area contributed by atoms with Crippen molar-refractivity contribution >= 4 is 0 Å². The van der Waals surface area contributed by atoms with Crippen LogP contribution in [0.3, 0.4) is 0 Å². The van der Waals surface area contributed by atoms with Crippen LogP contribution in [0.5, 0.6) is 11.5 Å². The second kappa shape index (κ2) is 7.81. The maximum Gasteiger partial charge on any atom is 0.161 e. The molecule has 0 spiro atoms. The summed E-state index contributed by atoms with van der Waals surface area (Å²) < 4.78 is 10.9. The number of rotatable bonds is 6. The summed E-state index contributed by atoms with van der Waals surface area (Å²) in [7, 11) is 1.65. The molecule has 2 rings (SSSR count). The zero-order chi connectivity index (χ0) is 16.0. The largest absolute Gasteiger partial charge is 0.493 e. The van der Waals surface area contributed by atoms with Crippen LogP contribution in [0, 0.1) is 0 Å². The van der Waals surface area contributed by atoms with Crippen LogP contribution in [-0.4, -0.2) is 54.1 Å². The van der Waals surface area contributed by atoms with Crippen LogP contribution in [0.2, 0.25) is 0 Å². The number of methoxy groups -OCH3 is 1. The number of nitrogens with zero attached hydrogens (tertiary/aromatic N) is 1. The van der Waals surface area contributed by atoms with Gasteiger partial charge in [0.15, 0.2) is 11.5 Å². The Bertz CT molecular complexity index is 480. The van der Waals surface area contributed by atoms with Crippen LogP contribution in [0.1, 0.15) is 31.7 Å². The summed E-state index contributed by atoms with van der Waals surface area (Å²) in [6, 6.07) is 6.00. The van der Waals surface area contributed by atoms with Gasteiger partial charge in [-0.05, 0) is 50.4 Å². The molecule has 22 heavy (non-hydrogen) atoms. The highest BCUT2D eigenvalue weighted by molar-refractivity contribution is 5.42. The Hall–Kier alpha value is -1.30. The maximum absolute atomic E-state index is 10.2. The van der Waals surface area contributed by atoms with Crippen molar-refractivity contribution in [2.24, 2.45) is 0 Å². The van der Waals surface area contributed by atoms with Gasteiger partial charge in [-0.25, -0.2) is 0 Å². The maximum atomic E-state index is 10.2. The lowest BCUT2D eigenvalue weighted by Crippen LogP contribution is -2.34. The molecule has 5 heteroatoms. The Morgan fingerprint density at radius 2 is 2.05 bits per heavy atom. The highest BCUT2D eigenvalue weighted by atomic mass is 16.5. The second-order valence-corrected chi connectivity index (χ2v) is 5.93. The quantitative estimate of drug-likeness (QED) is 0.839. The predicted molar refractivity (Wildman–Crippen MR) is 85.3 cm³/mol. The third kappa shape index (κ3) is 4.35. The summed E-state index contributed by atoms with van der Waals surface area (Å²) >= 11 is 0. The highest BCUT2D eigenvalue weighted by Gasteiger charge is 2.29. The Morgan fingerprint density at radius 3 is 2.73 bits per heavy atom. The third-order valence-corrected chi connectivity index (χ3v) is 4.24. The summed E-state index contributed by atoms with van der Waals surface area (Å²) in [6.45, 7) is 4.93. The van der Waals surface area contributed by atoms with Gasteiger partial charge in [0.2, 0.25) is 0 Å². The second-order valence-electron chi connectivity index (χ2n) is 5.93. The van der Waals surface area contributed by atoms with E-state index < -0.39 is 5.60 Å². The van der Waals surface area contributed by atoms with Crippen molar-refractivity contribution in [1.82, 2.24) is 4.90 Å². The van der Waals surface area contributed by atoms with E-state index in [1.165, 1.54) is 0 Å². The van der Waals surface area contributed by atoms with Crippen LogP contribution in [0.4, 0.5) is 0 Å². The minimum atomic E-state index is -0.911. The van der Waals surface area contributed by atoms with Crippen molar-refractivity contribution in [3.8, 4) is 11.5 Å². The fourth-order valence-corrected chi connectivity index (χ4v) is 2.89. The van der Waals surface area contributed by atoms with Crippen LogP contribution < -0.4 is 9.47 Å². The van der Waals surface area contributed by atoms with Gasteiger partial charge in [0.1, 0.15) is 0 Å². The Labute approximate surface area is 132 Å². The minimum absolute atomic E-state index is 0.155. The van der Waals surface area contributed by atoms with E-state index in [0.29, 0.717) is 19.4 Å². The van der Waals surface area contributed by atoms with Crippen molar-refractivity contribution in [3.63, 3.8) is 0 Å². The van der Waals surface area contributed by atoms with E-state index in [4.69, 9.17) is 9.47 Å². The van der Waals surface area contributed by atoms with Gasteiger partial charge in [0.05, 0.1) is 25.9 Å². The number of hydrogen-bond acceptors (Lipinski definition) is 5. The average molecular weight is 309 g/mol. The van der Waals surface area contributed by atoms with Crippen molar-refractivity contribution in [1.29, 1.82) is 0 Å². The van der Waals surface area contributed by atoms with Gasteiger partial charge in [-0.3, -0.25) is 4.90 Å². The zero-order valence-corrected chi connectivity index (χ0v) is 13.5. The molecule has 0 saturated carbocycles. The number of aliphatic hydroxyl groups excluding tert-OH is 1. The van der Waals surface area contributed by atoms with Crippen LogP contribution >= 0.6 is 0 Å². The molecule has 1 heterocycles. The summed E-state index contributed by atoms with van der Waals surface area (Å²) in [4.78, 5) is 2.31. The molecular weight excluding hydrogens is 282 g/mol. The van der Waals surface area contributed by atoms with Crippen LogP contribution in [0.15, 0.2) is 18.2 Å². The standard InChI is InChI=1S/C17H27NO4/c1-3-22-15-6-5-14(11-16(15)21-2)12-18-9-4-7-17(20,13-19)8-10-18/h5-6,11,19-20H,3-4,7-10,12-13H2,1-2H3. The SMILES string of the molecule is CCOc1ccc(CN2CCCC(O)(CO)CC2)cc1OC. The normalized spacial score (nSPS) is 23.1. The molecule has 1 aliphatic heterocycles. The molecule has 0 aliphatic carbocycles. The van der Waals surface area contributed by atoms with Gasteiger partial charge >= 0.3 is 0 Å². The summed E-state index contributed by atoms with van der Waals surface area (Å²) in [5.74, 6) is 1.51. The fourth-order valence-electron chi connectivity index (χ4n) is 2.89. The van der Waals surface area contributed by atoms with E-state index in [0.717, 1.165) is 43.1 Å². The van der Waals surface area contributed by atoms with Gasteiger partial charge in [0, 0.05) is 13.1 Å². The summed E-state index contributed by atoms with van der Waals surface area (Å²) in [5, 5.41) is 19.5. The Kier molecular flexibility index (Phi) is 6.06. The first kappa shape index (κ1) is 17.1. The molecule has 0 radical (unpaired) electrons. The first-order valence-corrected chi connectivity index (χ1v) is 7.95. The molecule has 1 aromatic rings. The molecular formula is C17H27NO4. The molecule has 2 N–H and O–H groups in total. The number of hydrogen-bond donors (Lipinski definition) is 2. The van der Waals surface area contributed by atoms with E-state index in [9.17, 15) is 10.2 Å². The fraction of sp³-hybridized carbons (Fsp3) is 0.647. The van der Waals surface area contributed by atoms with E-state index >= 15 is 0 Å². The first-order chi connectivity index (χ1) is 10.6. The van der Waals surface area contributed by atoms with E-state index in [1.807, 2.05) is 19.1 Å². The number of ether oxygens (including phenoxy) is 2. The molecule has 0 amide bonds. The van der Waals surface area contributed by atoms with Gasteiger partial charge in [-0.1, -0.05) is 6.07 Å². The Morgan fingerprint density at radius 1 is 1.23 bits per heavy atom. The third-order valence-electron chi connectivity index (χ3n) is 4.24. The first-order valence-electron chi connectivity index (χ1n) is 7.95. The van der Waals surface area contributed by atoms with Gasteiger partial charge < -0.3 is 19.7 Å².